The van der Waals surface area contributed by atoms with Gasteiger partial charge >= 0.3 is 0 Å². The molecule has 0 bridgehead atoms. The lowest BCUT2D eigenvalue weighted by molar-refractivity contribution is 0.282. The highest BCUT2D eigenvalue weighted by Gasteiger charge is 2.10. The van der Waals surface area contributed by atoms with Gasteiger partial charge in [-0.1, -0.05) is 17.7 Å². The van der Waals surface area contributed by atoms with Crippen LogP contribution in [0.3, 0.4) is 0 Å². The van der Waals surface area contributed by atoms with E-state index >= 15 is 0 Å². The summed E-state index contributed by atoms with van der Waals surface area (Å²) in [5.74, 6) is -0.318. The van der Waals surface area contributed by atoms with Crippen molar-refractivity contribution in [1.82, 2.24) is 4.90 Å². The van der Waals surface area contributed by atoms with Gasteiger partial charge in [-0.3, -0.25) is 4.90 Å². The summed E-state index contributed by atoms with van der Waals surface area (Å²) in [5, 5.41) is 0. The van der Waals surface area contributed by atoms with Gasteiger partial charge in [0.1, 0.15) is 5.82 Å². The van der Waals surface area contributed by atoms with Crippen LogP contribution < -0.4 is 5.73 Å². The summed E-state index contributed by atoms with van der Waals surface area (Å²) < 4.78 is 13.3. The Balaban J connectivity index is 2.04. The van der Waals surface area contributed by atoms with Crippen LogP contribution in [0.4, 0.5) is 10.1 Å². The highest BCUT2D eigenvalue weighted by atomic mass is 19.1. The lowest BCUT2D eigenvalue weighted by atomic mass is 10.1. The van der Waals surface area contributed by atoms with E-state index in [0.717, 1.165) is 31.6 Å². The summed E-state index contributed by atoms with van der Waals surface area (Å²) in [6, 6.07) is 5.06. The minimum absolute atomic E-state index is 0.221. The summed E-state index contributed by atoms with van der Waals surface area (Å²) in [4.78, 5) is 2.32. The fourth-order valence-corrected chi connectivity index (χ4v) is 2.05. The van der Waals surface area contributed by atoms with Crippen LogP contribution in [0.2, 0.25) is 0 Å². The van der Waals surface area contributed by atoms with Crippen molar-refractivity contribution >= 4 is 5.69 Å². The van der Waals surface area contributed by atoms with Crippen LogP contribution in [0.25, 0.3) is 0 Å². The third-order valence-electron chi connectivity index (χ3n) is 2.88. The van der Waals surface area contributed by atoms with E-state index in [1.54, 1.807) is 6.07 Å². The average Bonchev–Trinajstić information content (AvgIpc) is 2.24. The maximum atomic E-state index is 13.3. The molecular weight excluding hydrogens is 203 g/mol. The highest BCUT2D eigenvalue weighted by molar-refractivity contribution is 5.41. The summed E-state index contributed by atoms with van der Waals surface area (Å²) in [6.07, 6.45) is 3.35. The van der Waals surface area contributed by atoms with Crippen molar-refractivity contribution in [3.8, 4) is 0 Å². The third kappa shape index (κ3) is 2.61. The van der Waals surface area contributed by atoms with Gasteiger partial charge < -0.3 is 5.73 Å². The number of hydrogen-bond acceptors (Lipinski definition) is 2. The van der Waals surface area contributed by atoms with Crippen LogP contribution in [0.5, 0.6) is 0 Å². The second-order valence-electron chi connectivity index (χ2n) is 4.41. The molecule has 1 aliphatic heterocycles. The quantitative estimate of drug-likeness (QED) is 0.613. The Kier molecular flexibility index (Phi) is 3.25. The molecule has 0 spiro atoms. The van der Waals surface area contributed by atoms with Crippen molar-refractivity contribution in [2.45, 2.75) is 19.9 Å². The van der Waals surface area contributed by atoms with Gasteiger partial charge in [0, 0.05) is 19.6 Å². The zero-order valence-electron chi connectivity index (χ0n) is 9.54. The zero-order chi connectivity index (χ0) is 11.5. The number of benzene rings is 1. The van der Waals surface area contributed by atoms with Crippen molar-refractivity contribution in [3.05, 3.63) is 41.2 Å². The molecule has 1 aromatic carbocycles. The predicted octanol–water partition coefficient (Wildman–Crippen LogP) is 2.56. The maximum absolute atomic E-state index is 13.3. The Bertz CT molecular complexity index is 412. The molecule has 1 aromatic rings. The van der Waals surface area contributed by atoms with E-state index in [9.17, 15) is 4.39 Å². The Morgan fingerprint density at radius 3 is 2.94 bits per heavy atom. The molecule has 3 heteroatoms. The molecule has 0 amide bonds. The highest BCUT2D eigenvalue weighted by Crippen LogP contribution is 2.16. The second kappa shape index (κ2) is 4.66. The predicted molar refractivity (Wildman–Crippen MR) is 64.5 cm³/mol. The molecule has 0 atom stereocenters. The van der Waals surface area contributed by atoms with Gasteiger partial charge in [-0.2, -0.15) is 0 Å². The second-order valence-corrected chi connectivity index (χ2v) is 4.41. The molecule has 0 aliphatic carbocycles. The van der Waals surface area contributed by atoms with Gasteiger partial charge in [0.05, 0.1) is 5.69 Å². The normalized spacial score (nSPS) is 17.2. The Morgan fingerprint density at radius 1 is 1.44 bits per heavy atom. The van der Waals surface area contributed by atoms with Gasteiger partial charge in [-0.15, -0.1) is 0 Å². The molecule has 1 heterocycles. The van der Waals surface area contributed by atoms with E-state index in [0.29, 0.717) is 0 Å². The molecule has 2 N–H and O–H groups in total. The van der Waals surface area contributed by atoms with Crippen molar-refractivity contribution in [2.24, 2.45) is 0 Å². The summed E-state index contributed by atoms with van der Waals surface area (Å²) in [7, 11) is 0. The van der Waals surface area contributed by atoms with Gasteiger partial charge in [0.25, 0.3) is 0 Å². The van der Waals surface area contributed by atoms with Gasteiger partial charge in [0.15, 0.2) is 0 Å². The first-order valence-corrected chi connectivity index (χ1v) is 5.57. The fourth-order valence-electron chi connectivity index (χ4n) is 2.05. The number of nitrogens with zero attached hydrogens (tertiary/aromatic N) is 1. The summed E-state index contributed by atoms with van der Waals surface area (Å²) in [6.45, 7) is 4.95. The third-order valence-corrected chi connectivity index (χ3v) is 2.88. The fraction of sp³-hybridized carbons (Fsp3) is 0.385. The molecule has 0 saturated carbocycles. The smallest absolute Gasteiger partial charge is 0.146 e. The van der Waals surface area contributed by atoms with Gasteiger partial charge in [-0.25, -0.2) is 4.39 Å². The van der Waals surface area contributed by atoms with Gasteiger partial charge in [0.2, 0.25) is 0 Å². The van der Waals surface area contributed by atoms with Crippen LogP contribution in [0, 0.1) is 5.82 Å². The Hall–Kier alpha value is -1.35. The van der Waals surface area contributed by atoms with E-state index in [1.807, 2.05) is 6.07 Å². The number of nitrogens with two attached hydrogens (primary N) is 1. The average molecular weight is 220 g/mol. The number of rotatable bonds is 2. The lowest BCUT2D eigenvalue weighted by Gasteiger charge is -2.25. The Morgan fingerprint density at radius 2 is 2.25 bits per heavy atom. The van der Waals surface area contributed by atoms with Crippen molar-refractivity contribution < 1.29 is 4.39 Å². The molecule has 0 aromatic heterocycles. The van der Waals surface area contributed by atoms with Crippen LogP contribution in [0.1, 0.15) is 18.9 Å². The van der Waals surface area contributed by atoms with Crippen molar-refractivity contribution in [3.63, 3.8) is 0 Å². The summed E-state index contributed by atoms with van der Waals surface area (Å²) >= 11 is 0. The first kappa shape index (κ1) is 11.1. The first-order valence-electron chi connectivity index (χ1n) is 5.57. The zero-order valence-corrected chi connectivity index (χ0v) is 9.54. The lowest BCUT2D eigenvalue weighted by Crippen LogP contribution is -2.28. The minimum Gasteiger partial charge on any atom is -0.396 e. The molecule has 16 heavy (non-hydrogen) atoms. The standard InChI is InChI=1S/C13H17FN2/c1-10-3-2-6-16(8-10)9-11-4-5-13(15)12(14)7-11/h3-5,7H,2,6,8-9,15H2,1H3. The molecule has 2 rings (SSSR count). The molecule has 0 fully saturated rings. The molecule has 0 saturated heterocycles. The Labute approximate surface area is 95.6 Å². The molecule has 0 radical (unpaired) electrons. The van der Waals surface area contributed by atoms with Crippen LogP contribution in [0.15, 0.2) is 29.8 Å². The minimum atomic E-state index is -0.318. The van der Waals surface area contributed by atoms with Crippen LogP contribution >= 0.6 is 0 Å². The number of nitrogen functional groups attached to an aromatic ring is 1. The molecular formula is C13H17FN2. The van der Waals surface area contributed by atoms with Crippen molar-refractivity contribution in [1.29, 1.82) is 0 Å². The molecule has 86 valence electrons. The van der Waals surface area contributed by atoms with Crippen LogP contribution in [-0.4, -0.2) is 18.0 Å². The van der Waals surface area contributed by atoms with E-state index in [4.69, 9.17) is 5.73 Å². The van der Waals surface area contributed by atoms with Gasteiger partial charge in [-0.05, 0) is 31.0 Å². The number of halogens is 1. The molecule has 2 nitrogen and oxygen atoms in total. The largest absolute Gasteiger partial charge is 0.396 e. The number of hydrogen-bond donors (Lipinski definition) is 1. The van der Waals surface area contributed by atoms with E-state index in [-0.39, 0.29) is 11.5 Å². The summed E-state index contributed by atoms with van der Waals surface area (Å²) in [5.41, 5.74) is 8.05. The number of anilines is 1. The molecule has 1 aliphatic rings. The topological polar surface area (TPSA) is 29.3 Å². The van der Waals surface area contributed by atoms with Crippen LogP contribution in [-0.2, 0) is 6.54 Å². The van der Waals surface area contributed by atoms with E-state index in [2.05, 4.69) is 17.9 Å². The molecule has 0 unspecified atom stereocenters. The van der Waals surface area contributed by atoms with Crippen molar-refractivity contribution in [2.75, 3.05) is 18.8 Å². The monoisotopic (exact) mass is 220 g/mol. The SMILES string of the molecule is CC1=CCCN(Cc2ccc(N)c(F)c2)C1. The van der Waals surface area contributed by atoms with E-state index < -0.39 is 0 Å². The van der Waals surface area contributed by atoms with E-state index in [1.165, 1.54) is 11.6 Å². The first-order chi connectivity index (χ1) is 7.65. The maximum Gasteiger partial charge on any atom is 0.146 e.